The molecule has 6 heteroatoms. The standard InChI is InChI=1S/C21H18O5S/c1-25-11-3-4-15-7-10-18-20(12-15)26-13-19(21(18)22)17-8-5-16(6-9-17)14-27(2,23)24/h5-10,12-13H,11,14H2,1-2H3. The molecule has 5 nitrogen and oxygen atoms in total. The van der Waals surface area contributed by atoms with Gasteiger partial charge < -0.3 is 9.15 Å². The van der Waals surface area contributed by atoms with Crippen LogP contribution in [0.3, 0.4) is 0 Å². The van der Waals surface area contributed by atoms with Crippen LogP contribution in [-0.4, -0.2) is 28.4 Å². The molecule has 0 amide bonds. The summed E-state index contributed by atoms with van der Waals surface area (Å²) in [6, 6.07) is 12.0. The van der Waals surface area contributed by atoms with Crippen molar-refractivity contribution in [3.05, 3.63) is 70.1 Å². The van der Waals surface area contributed by atoms with Gasteiger partial charge in [0.1, 0.15) is 18.5 Å². The minimum absolute atomic E-state index is 0.0352. The third-order valence-corrected chi connectivity index (χ3v) is 4.78. The Bertz CT molecular complexity index is 1190. The van der Waals surface area contributed by atoms with E-state index < -0.39 is 9.84 Å². The first-order valence-electron chi connectivity index (χ1n) is 8.18. The van der Waals surface area contributed by atoms with E-state index in [4.69, 9.17) is 9.15 Å². The molecule has 0 radical (unpaired) electrons. The number of rotatable bonds is 4. The molecule has 27 heavy (non-hydrogen) atoms. The lowest BCUT2D eigenvalue weighted by Crippen LogP contribution is -2.05. The number of hydrogen-bond acceptors (Lipinski definition) is 5. The van der Waals surface area contributed by atoms with Crippen molar-refractivity contribution in [3.8, 4) is 23.0 Å². The van der Waals surface area contributed by atoms with Crippen LogP contribution in [0.5, 0.6) is 0 Å². The van der Waals surface area contributed by atoms with Crippen molar-refractivity contribution in [2.45, 2.75) is 5.75 Å². The Morgan fingerprint density at radius 2 is 1.85 bits per heavy atom. The first kappa shape index (κ1) is 18.9. The van der Waals surface area contributed by atoms with Gasteiger partial charge >= 0.3 is 0 Å². The Morgan fingerprint density at radius 1 is 1.11 bits per heavy atom. The van der Waals surface area contributed by atoms with Gasteiger partial charge in [-0.2, -0.15) is 0 Å². The average molecular weight is 382 g/mol. The number of fused-ring (bicyclic) bond motifs is 1. The van der Waals surface area contributed by atoms with E-state index in [1.807, 2.05) is 0 Å². The maximum absolute atomic E-state index is 12.8. The Morgan fingerprint density at radius 3 is 2.52 bits per heavy atom. The molecule has 0 spiro atoms. The first-order valence-corrected chi connectivity index (χ1v) is 10.2. The van der Waals surface area contributed by atoms with Gasteiger partial charge in [0.2, 0.25) is 0 Å². The fourth-order valence-corrected chi connectivity index (χ4v) is 3.50. The highest BCUT2D eigenvalue weighted by atomic mass is 32.2. The van der Waals surface area contributed by atoms with Crippen molar-refractivity contribution in [2.75, 3.05) is 20.0 Å². The average Bonchev–Trinajstić information content (AvgIpc) is 2.62. The summed E-state index contributed by atoms with van der Waals surface area (Å²) in [5.41, 5.74) is 2.81. The van der Waals surface area contributed by atoms with Crippen LogP contribution >= 0.6 is 0 Å². The van der Waals surface area contributed by atoms with Crippen molar-refractivity contribution in [3.63, 3.8) is 0 Å². The second kappa shape index (κ2) is 7.78. The molecule has 0 atom stereocenters. The molecule has 2 aromatic carbocycles. The first-order chi connectivity index (χ1) is 12.9. The Hall–Kier alpha value is -2.88. The fourth-order valence-electron chi connectivity index (χ4n) is 2.70. The van der Waals surface area contributed by atoms with Crippen molar-refractivity contribution < 1.29 is 17.6 Å². The summed E-state index contributed by atoms with van der Waals surface area (Å²) in [5, 5.41) is 0.463. The van der Waals surface area contributed by atoms with Crippen molar-refractivity contribution in [1.29, 1.82) is 0 Å². The van der Waals surface area contributed by atoms with Gasteiger partial charge in [0.25, 0.3) is 0 Å². The monoisotopic (exact) mass is 382 g/mol. The van der Waals surface area contributed by atoms with Gasteiger partial charge in [0.15, 0.2) is 15.3 Å². The van der Waals surface area contributed by atoms with Gasteiger partial charge in [-0.1, -0.05) is 36.1 Å². The van der Waals surface area contributed by atoms with E-state index in [0.29, 0.717) is 34.3 Å². The van der Waals surface area contributed by atoms with Crippen molar-refractivity contribution in [2.24, 2.45) is 0 Å². The van der Waals surface area contributed by atoms with Crippen LogP contribution in [0.1, 0.15) is 11.1 Å². The van der Waals surface area contributed by atoms with Gasteiger partial charge in [0.05, 0.1) is 16.7 Å². The summed E-state index contributed by atoms with van der Waals surface area (Å²) in [6.45, 7) is 0.330. The minimum Gasteiger partial charge on any atom is -0.463 e. The van der Waals surface area contributed by atoms with E-state index >= 15 is 0 Å². The zero-order valence-corrected chi connectivity index (χ0v) is 15.8. The number of hydrogen-bond donors (Lipinski definition) is 0. The third-order valence-electron chi connectivity index (χ3n) is 3.92. The number of benzene rings is 2. The highest BCUT2D eigenvalue weighted by molar-refractivity contribution is 7.89. The van der Waals surface area contributed by atoms with E-state index in [-0.39, 0.29) is 11.2 Å². The van der Waals surface area contributed by atoms with Gasteiger partial charge in [-0.05, 0) is 29.3 Å². The van der Waals surface area contributed by atoms with Gasteiger partial charge in [-0.3, -0.25) is 4.79 Å². The predicted octanol–water partition coefficient (Wildman–Crippen LogP) is 3.00. The van der Waals surface area contributed by atoms with Gasteiger partial charge in [0, 0.05) is 18.9 Å². The second-order valence-electron chi connectivity index (χ2n) is 6.19. The molecule has 0 fully saturated rings. The summed E-state index contributed by atoms with van der Waals surface area (Å²) in [4.78, 5) is 12.8. The van der Waals surface area contributed by atoms with E-state index in [1.54, 1.807) is 49.6 Å². The van der Waals surface area contributed by atoms with Gasteiger partial charge in [-0.15, -0.1) is 0 Å². The number of methoxy groups -OCH3 is 1. The molecule has 0 bridgehead atoms. The quantitative estimate of drug-likeness (QED) is 0.649. The molecule has 3 rings (SSSR count). The lowest BCUT2D eigenvalue weighted by Gasteiger charge is -2.05. The summed E-state index contributed by atoms with van der Waals surface area (Å²) in [5.74, 6) is 5.76. The minimum atomic E-state index is -3.10. The molecule has 0 aliphatic rings. The normalized spacial score (nSPS) is 11.2. The van der Waals surface area contributed by atoms with E-state index in [1.165, 1.54) is 12.5 Å². The van der Waals surface area contributed by atoms with E-state index in [9.17, 15) is 13.2 Å². The molecule has 0 aliphatic carbocycles. The molecule has 138 valence electrons. The van der Waals surface area contributed by atoms with Crippen LogP contribution < -0.4 is 5.43 Å². The smallest absolute Gasteiger partial charge is 0.200 e. The highest BCUT2D eigenvalue weighted by Gasteiger charge is 2.10. The molecule has 3 aromatic rings. The van der Waals surface area contributed by atoms with Gasteiger partial charge in [-0.25, -0.2) is 8.42 Å². The third kappa shape index (κ3) is 4.64. The summed E-state index contributed by atoms with van der Waals surface area (Å²) >= 11 is 0. The van der Waals surface area contributed by atoms with Crippen molar-refractivity contribution >= 4 is 20.8 Å². The molecule has 1 heterocycles. The zero-order valence-electron chi connectivity index (χ0n) is 15.0. The molecular formula is C21H18O5S. The summed E-state index contributed by atoms with van der Waals surface area (Å²) in [6.07, 6.45) is 2.61. The second-order valence-corrected chi connectivity index (χ2v) is 8.33. The molecule has 0 aliphatic heterocycles. The Kier molecular flexibility index (Phi) is 5.45. The molecule has 0 unspecified atom stereocenters. The Labute approximate surface area is 157 Å². The molecule has 0 saturated heterocycles. The lowest BCUT2D eigenvalue weighted by molar-refractivity contribution is 0.240. The molecule has 0 saturated carbocycles. The molecule has 0 N–H and O–H groups in total. The van der Waals surface area contributed by atoms with Crippen molar-refractivity contribution in [1.82, 2.24) is 0 Å². The van der Waals surface area contributed by atoms with Crippen LogP contribution in [0.25, 0.3) is 22.1 Å². The topological polar surface area (TPSA) is 73.6 Å². The van der Waals surface area contributed by atoms with E-state index in [2.05, 4.69) is 11.8 Å². The fraction of sp³-hybridized carbons (Fsp3) is 0.190. The zero-order chi connectivity index (χ0) is 19.4. The molecular weight excluding hydrogens is 364 g/mol. The van der Waals surface area contributed by atoms with Crippen LogP contribution in [-0.2, 0) is 20.3 Å². The van der Waals surface area contributed by atoms with Crippen LogP contribution in [0, 0.1) is 11.8 Å². The molecule has 1 aromatic heterocycles. The number of ether oxygens (including phenoxy) is 1. The van der Waals surface area contributed by atoms with E-state index in [0.717, 1.165) is 5.56 Å². The highest BCUT2D eigenvalue weighted by Crippen LogP contribution is 2.21. The van der Waals surface area contributed by atoms with Crippen LogP contribution in [0.2, 0.25) is 0 Å². The Balaban J connectivity index is 1.96. The SMILES string of the molecule is COCC#Cc1ccc2c(=O)c(-c3ccc(CS(C)(=O)=O)cc3)coc2c1. The largest absolute Gasteiger partial charge is 0.463 e. The van der Waals surface area contributed by atoms with Crippen LogP contribution in [0.4, 0.5) is 0 Å². The number of sulfone groups is 1. The summed E-state index contributed by atoms with van der Waals surface area (Å²) < 4.78 is 33.3. The lowest BCUT2D eigenvalue weighted by atomic mass is 10.0. The summed E-state index contributed by atoms with van der Waals surface area (Å²) in [7, 11) is -1.53. The maximum Gasteiger partial charge on any atom is 0.200 e. The van der Waals surface area contributed by atoms with Crippen LogP contribution in [0.15, 0.2) is 57.9 Å². The predicted molar refractivity (Wildman–Crippen MR) is 105 cm³/mol. The maximum atomic E-state index is 12.8.